The molecule has 1 aromatic rings. The Labute approximate surface area is 161 Å². The number of nitrogens with one attached hydrogen (secondary N) is 2. The zero-order chi connectivity index (χ0) is 22.4. The third-order valence-corrected chi connectivity index (χ3v) is 4.36. The van der Waals surface area contributed by atoms with Gasteiger partial charge in [0.1, 0.15) is 17.5 Å². The van der Waals surface area contributed by atoms with Gasteiger partial charge in [0, 0.05) is 12.8 Å². The number of esters is 1. The fourth-order valence-electron chi connectivity index (χ4n) is 1.94. The van der Waals surface area contributed by atoms with Crippen LogP contribution in [0.25, 0.3) is 0 Å². The minimum atomic E-state index is -5.07. The molecule has 0 fully saturated rings. The van der Waals surface area contributed by atoms with Crippen LogP contribution in [0.5, 0.6) is 0 Å². The Kier molecular flexibility index (Phi) is 7.88. The van der Waals surface area contributed by atoms with Crippen molar-refractivity contribution in [1.82, 2.24) is 5.32 Å². The summed E-state index contributed by atoms with van der Waals surface area (Å²) in [4.78, 5) is 34.1. The lowest BCUT2D eigenvalue weighted by atomic mass is 10.2. The van der Waals surface area contributed by atoms with Crippen LogP contribution in [0, 0.1) is 5.82 Å². The topological polar surface area (TPSA) is 128 Å². The van der Waals surface area contributed by atoms with Crippen molar-refractivity contribution in [1.29, 1.82) is 0 Å². The maximum absolute atomic E-state index is 13.2. The smallest absolute Gasteiger partial charge is 0.419 e. The lowest BCUT2D eigenvalue weighted by Crippen LogP contribution is -2.43. The quantitative estimate of drug-likeness (QED) is 0.198. The number of carbonyl (C=O) groups is 2. The van der Waals surface area contributed by atoms with E-state index in [1.165, 1.54) is 5.94 Å². The molecule has 0 aliphatic heterocycles. The zero-order valence-electron chi connectivity index (χ0n) is 14.8. The van der Waals surface area contributed by atoms with Crippen molar-refractivity contribution in [3.8, 4) is 0 Å². The van der Waals surface area contributed by atoms with Crippen molar-refractivity contribution in [2.24, 2.45) is 0 Å². The monoisotopic (exact) mass is 442 g/mol. The van der Waals surface area contributed by atoms with E-state index >= 15 is 0 Å². The number of ether oxygens (including phenoxy) is 2. The van der Waals surface area contributed by atoms with Crippen LogP contribution < -0.4 is 10.0 Å². The molecule has 0 aliphatic carbocycles. The van der Waals surface area contributed by atoms with E-state index in [1.54, 1.807) is 4.72 Å². The van der Waals surface area contributed by atoms with Gasteiger partial charge in [-0.05, 0) is 18.2 Å². The molecular weight excluding hydrogens is 428 g/mol. The average molecular weight is 442 g/mol. The normalized spacial score (nSPS) is 12.5. The highest BCUT2D eigenvalue weighted by molar-refractivity contribution is 7.93. The van der Waals surface area contributed by atoms with Gasteiger partial charge < -0.3 is 14.8 Å². The van der Waals surface area contributed by atoms with Crippen molar-refractivity contribution in [2.45, 2.75) is 12.4 Å². The van der Waals surface area contributed by atoms with E-state index in [9.17, 15) is 40.4 Å². The first-order valence-electron chi connectivity index (χ1n) is 7.37. The molecule has 1 unspecified atom stereocenters. The summed E-state index contributed by atoms with van der Waals surface area (Å²) < 4.78 is 85.9. The van der Waals surface area contributed by atoms with E-state index in [0.717, 1.165) is 20.3 Å². The molecule has 1 aromatic carbocycles. The number of rotatable bonds is 8. The molecule has 0 aliphatic rings. The Morgan fingerprint density at radius 3 is 2.34 bits per heavy atom. The van der Waals surface area contributed by atoms with Crippen LogP contribution >= 0.6 is 0 Å². The summed E-state index contributed by atoms with van der Waals surface area (Å²) in [5, 5.41) is 1.90. The first-order chi connectivity index (χ1) is 13.3. The van der Waals surface area contributed by atoms with Crippen LogP contribution in [0.3, 0.4) is 0 Å². The highest BCUT2D eigenvalue weighted by atomic mass is 32.2. The Balaban J connectivity index is 2.94. The predicted octanol–water partition coefficient (Wildman–Crippen LogP) is 0.606. The summed E-state index contributed by atoms with van der Waals surface area (Å²) in [5.74, 6) is -4.23. The molecular formula is C15H14F4N2O7S. The van der Waals surface area contributed by atoms with Crippen LogP contribution in [0.1, 0.15) is 5.56 Å². The molecule has 160 valence electrons. The number of halogens is 4. The Morgan fingerprint density at radius 2 is 1.86 bits per heavy atom. The van der Waals surface area contributed by atoms with Crippen LogP contribution in [0.2, 0.25) is 0 Å². The first kappa shape index (κ1) is 24.1. The summed E-state index contributed by atoms with van der Waals surface area (Å²) in [6.07, 6.45) is -6.76. The standard InChI is InChI=1S/C15H14F4N2O7S/c1-27-13(9(6-22)14(24)28-2)20-12(23)7-29(25,26)21-8-3-4-11(16)10(5-8)15(17,18)19/h3-5,13,21H,7H2,1-2H3,(H,20,23). The first-order valence-corrected chi connectivity index (χ1v) is 9.02. The molecule has 9 nitrogen and oxygen atoms in total. The third kappa shape index (κ3) is 6.85. The number of methoxy groups -OCH3 is 2. The Morgan fingerprint density at radius 1 is 1.24 bits per heavy atom. The van der Waals surface area contributed by atoms with Gasteiger partial charge in [-0.15, -0.1) is 0 Å². The average Bonchev–Trinajstić information content (AvgIpc) is 2.60. The molecule has 0 aromatic heterocycles. The van der Waals surface area contributed by atoms with E-state index in [-0.39, 0.29) is 6.07 Å². The third-order valence-electron chi connectivity index (χ3n) is 3.17. The molecule has 1 rings (SSSR count). The molecule has 2 N–H and O–H groups in total. The van der Waals surface area contributed by atoms with E-state index < -0.39 is 62.7 Å². The second-order valence-corrected chi connectivity index (χ2v) is 6.97. The largest absolute Gasteiger partial charge is 0.465 e. The SMILES string of the molecule is COC(=O)C(=C=O)C(NC(=O)CS(=O)(=O)Nc1ccc(F)c(C(F)(F)F)c1)OC. The van der Waals surface area contributed by atoms with Crippen LogP contribution in [-0.4, -0.2) is 52.4 Å². The molecule has 0 bridgehead atoms. The van der Waals surface area contributed by atoms with Crippen LogP contribution in [0.15, 0.2) is 23.8 Å². The number of sulfonamides is 1. The Hall–Kier alpha value is -2.96. The van der Waals surface area contributed by atoms with Gasteiger partial charge in [0.25, 0.3) is 0 Å². The number of hydrogen-bond acceptors (Lipinski definition) is 7. The maximum Gasteiger partial charge on any atom is 0.419 e. The Bertz CT molecular complexity index is 940. The summed E-state index contributed by atoms with van der Waals surface area (Å²) in [5.41, 5.74) is -3.14. The van der Waals surface area contributed by atoms with Crippen molar-refractivity contribution in [3.05, 3.63) is 35.2 Å². The van der Waals surface area contributed by atoms with Gasteiger partial charge in [0.05, 0.1) is 12.7 Å². The van der Waals surface area contributed by atoms with Gasteiger partial charge in [-0.1, -0.05) is 0 Å². The van der Waals surface area contributed by atoms with Gasteiger partial charge >= 0.3 is 12.1 Å². The molecule has 0 saturated carbocycles. The van der Waals surface area contributed by atoms with E-state index in [1.807, 2.05) is 5.32 Å². The summed E-state index contributed by atoms with van der Waals surface area (Å²) in [6.45, 7) is 0. The van der Waals surface area contributed by atoms with Crippen molar-refractivity contribution in [2.75, 3.05) is 24.7 Å². The molecule has 29 heavy (non-hydrogen) atoms. The lowest BCUT2D eigenvalue weighted by molar-refractivity contribution is -0.140. The summed E-state index contributed by atoms with van der Waals surface area (Å²) in [7, 11) is -2.64. The maximum atomic E-state index is 13.2. The van der Waals surface area contributed by atoms with Crippen LogP contribution in [-0.2, 0) is 40.1 Å². The van der Waals surface area contributed by atoms with Gasteiger partial charge in [-0.2, -0.15) is 13.2 Å². The number of carbonyl (C=O) groups excluding carboxylic acids is 3. The second kappa shape index (κ2) is 9.49. The van der Waals surface area contributed by atoms with E-state index in [2.05, 4.69) is 9.47 Å². The number of anilines is 1. The van der Waals surface area contributed by atoms with E-state index in [0.29, 0.717) is 6.07 Å². The lowest BCUT2D eigenvalue weighted by Gasteiger charge is -2.17. The fourth-order valence-corrected chi connectivity index (χ4v) is 2.93. The van der Waals surface area contributed by atoms with Gasteiger partial charge in [0.15, 0.2) is 11.8 Å². The molecule has 1 amide bonds. The zero-order valence-corrected chi connectivity index (χ0v) is 15.6. The number of alkyl halides is 3. The number of amides is 1. The molecule has 0 radical (unpaired) electrons. The van der Waals surface area contributed by atoms with Crippen LogP contribution in [0.4, 0.5) is 23.2 Å². The fraction of sp³-hybridized carbons (Fsp3) is 0.333. The van der Waals surface area contributed by atoms with Crippen molar-refractivity contribution in [3.63, 3.8) is 0 Å². The minimum Gasteiger partial charge on any atom is -0.465 e. The van der Waals surface area contributed by atoms with E-state index in [4.69, 9.17) is 0 Å². The van der Waals surface area contributed by atoms with Gasteiger partial charge in [-0.25, -0.2) is 22.4 Å². The van der Waals surface area contributed by atoms with Crippen molar-refractivity contribution >= 4 is 33.5 Å². The predicted molar refractivity (Wildman–Crippen MR) is 89.0 cm³/mol. The summed E-state index contributed by atoms with van der Waals surface area (Å²) in [6, 6.07) is 1.34. The number of hydrogen-bond donors (Lipinski definition) is 2. The van der Waals surface area contributed by atoms with Crippen molar-refractivity contribution < 1.29 is 49.8 Å². The minimum absolute atomic E-state index is 0.216. The second-order valence-electron chi connectivity index (χ2n) is 5.24. The highest BCUT2D eigenvalue weighted by Gasteiger charge is 2.34. The molecule has 0 heterocycles. The highest BCUT2D eigenvalue weighted by Crippen LogP contribution is 2.33. The number of benzene rings is 1. The molecule has 0 saturated heterocycles. The van der Waals surface area contributed by atoms with Gasteiger partial charge in [-0.3, -0.25) is 9.52 Å². The molecule has 1 atom stereocenters. The van der Waals surface area contributed by atoms with Gasteiger partial charge in [0.2, 0.25) is 15.9 Å². The molecule has 0 spiro atoms. The summed E-state index contributed by atoms with van der Waals surface area (Å²) >= 11 is 0. The molecule has 14 heteroatoms.